The van der Waals surface area contributed by atoms with Gasteiger partial charge in [0.25, 0.3) is 0 Å². The van der Waals surface area contributed by atoms with Gasteiger partial charge in [0.2, 0.25) is 0 Å². The molecule has 2 heterocycles. The molecule has 5 heteroatoms. The number of carboxylic acids is 1. The predicted octanol–water partition coefficient (Wildman–Crippen LogP) is 1.81. The molecule has 0 aromatic carbocycles. The van der Waals surface area contributed by atoms with Crippen LogP contribution in [-0.2, 0) is 9.53 Å². The molecule has 0 bridgehead atoms. The van der Waals surface area contributed by atoms with E-state index in [0.717, 1.165) is 5.03 Å². The van der Waals surface area contributed by atoms with Gasteiger partial charge in [-0.15, -0.1) is 0 Å². The molecular weight excluding hydrogens is 226 g/mol. The minimum Gasteiger partial charge on any atom is -0.480 e. The van der Waals surface area contributed by atoms with E-state index in [4.69, 9.17) is 4.74 Å². The van der Waals surface area contributed by atoms with E-state index in [0.29, 0.717) is 26.1 Å². The molecule has 0 unspecified atom stereocenters. The molecule has 0 atom stereocenters. The van der Waals surface area contributed by atoms with Crippen LogP contribution < -0.4 is 0 Å². The quantitative estimate of drug-likeness (QED) is 0.871. The molecule has 4 nitrogen and oxygen atoms in total. The van der Waals surface area contributed by atoms with Gasteiger partial charge in [-0.3, -0.25) is 4.79 Å². The molecule has 0 amide bonds. The van der Waals surface area contributed by atoms with Crippen LogP contribution in [0.5, 0.6) is 0 Å². The van der Waals surface area contributed by atoms with Gasteiger partial charge in [0, 0.05) is 19.4 Å². The second kappa shape index (κ2) is 4.84. The van der Waals surface area contributed by atoms with Gasteiger partial charge in [-0.25, -0.2) is 4.98 Å². The molecule has 1 aromatic heterocycles. The van der Waals surface area contributed by atoms with Crippen LogP contribution >= 0.6 is 11.8 Å². The zero-order valence-corrected chi connectivity index (χ0v) is 9.57. The molecule has 16 heavy (non-hydrogen) atoms. The van der Waals surface area contributed by atoms with Crippen molar-refractivity contribution in [2.24, 2.45) is 0 Å². The van der Waals surface area contributed by atoms with E-state index in [1.165, 1.54) is 11.8 Å². The van der Waals surface area contributed by atoms with Crippen LogP contribution in [0.4, 0.5) is 0 Å². The molecule has 1 aliphatic heterocycles. The topological polar surface area (TPSA) is 59.4 Å². The molecule has 1 N–H and O–H groups in total. The summed E-state index contributed by atoms with van der Waals surface area (Å²) in [5.74, 6) is -0.772. The Balaban J connectivity index is 2.17. The highest BCUT2D eigenvalue weighted by Gasteiger charge is 2.41. The van der Waals surface area contributed by atoms with Gasteiger partial charge in [0.1, 0.15) is 4.75 Å². The lowest BCUT2D eigenvalue weighted by molar-refractivity contribution is -0.142. The van der Waals surface area contributed by atoms with Crippen molar-refractivity contribution in [1.82, 2.24) is 4.98 Å². The van der Waals surface area contributed by atoms with Crippen molar-refractivity contribution in [2.45, 2.75) is 22.6 Å². The molecule has 2 rings (SSSR count). The molecule has 1 fully saturated rings. The predicted molar refractivity (Wildman–Crippen MR) is 60.5 cm³/mol. The highest BCUT2D eigenvalue weighted by atomic mass is 32.2. The lowest BCUT2D eigenvalue weighted by atomic mass is 9.99. The Morgan fingerprint density at radius 1 is 1.44 bits per heavy atom. The first-order valence-corrected chi connectivity index (χ1v) is 5.96. The standard InChI is InChI=1S/C11H13NO3S/c13-10(14)11(4-7-15-8-5-11)16-9-3-1-2-6-12-9/h1-3,6H,4-5,7-8H2,(H,13,14). The number of nitrogens with zero attached hydrogens (tertiary/aromatic N) is 1. The number of carbonyl (C=O) groups is 1. The van der Waals surface area contributed by atoms with Gasteiger partial charge in [-0.2, -0.15) is 0 Å². The van der Waals surface area contributed by atoms with Crippen LogP contribution in [-0.4, -0.2) is 34.0 Å². The summed E-state index contributed by atoms with van der Waals surface area (Å²) in [5.41, 5.74) is 0. The van der Waals surface area contributed by atoms with E-state index >= 15 is 0 Å². The molecule has 0 saturated carbocycles. The first-order chi connectivity index (χ1) is 7.73. The van der Waals surface area contributed by atoms with Crippen molar-refractivity contribution in [3.05, 3.63) is 24.4 Å². The van der Waals surface area contributed by atoms with Crippen molar-refractivity contribution in [1.29, 1.82) is 0 Å². The second-order valence-corrected chi connectivity index (χ2v) is 5.09. The van der Waals surface area contributed by atoms with Crippen molar-refractivity contribution in [3.8, 4) is 0 Å². The first-order valence-electron chi connectivity index (χ1n) is 5.14. The highest BCUT2D eigenvalue weighted by Crippen LogP contribution is 2.39. The summed E-state index contributed by atoms with van der Waals surface area (Å²) in [6, 6.07) is 5.52. The lowest BCUT2D eigenvalue weighted by Gasteiger charge is -2.31. The summed E-state index contributed by atoms with van der Waals surface area (Å²) < 4.78 is 4.44. The first kappa shape index (κ1) is 11.4. The molecule has 1 saturated heterocycles. The van der Waals surface area contributed by atoms with Gasteiger partial charge in [-0.05, 0) is 25.0 Å². The van der Waals surface area contributed by atoms with E-state index in [9.17, 15) is 9.90 Å². The zero-order chi connectivity index (χ0) is 11.4. The maximum Gasteiger partial charge on any atom is 0.320 e. The molecule has 0 spiro atoms. The summed E-state index contributed by atoms with van der Waals surface area (Å²) in [4.78, 5) is 15.5. The van der Waals surface area contributed by atoms with Crippen LogP contribution in [0.25, 0.3) is 0 Å². The monoisotopic (exact) mass is 239 g/mol. The van der Waals surface area contributed by atoms with Gasteiger partial charge in [-0.1, -0.05) is 17.8 Å². The number of rotatable bonds is 3. The van der Waals surface area contributed by atoms with Gasteiger partial charge >= 0.3 is 5.97 Å². The largest absolute Gasteiger partial charge is 0.480 e. The average molecular weight is 239 g/mol. The molecule has 0 aliphatic carbocycles. The summed E-state index contributed by atoms with van der Waals surface area (Å²) >= 11 is 1.33. The number of hydrogen-bond acceptors (Lipinski definition) is 4. The normalized spacial score (nSPS) is 19.2. The molecule has 86 valence electrons. The Hall–Kier alpha value is -1.07. The number of aromatic nitrogens is 1. The smallest absolute Gasteiger partial charge is 0.320 e. The minimum absolute atomic E-state index is 0.506. The van der Waals surface area contributed by atoms with Crippen LogP contribution in [0, 0.1) is 0 Å². The van der Waals surface area contributed by atoms with Crippen molar-refractivity contribution >= 4 is 17.7 Å². The summed E-state index contributed by atoms with van der Waals surface area (Å²) in [6.07, 6.45) is 2.74. The number of ether oxygens (including phenoxy) is 1. The summed E-state index contributed by atoms with van der Waals surface area (Å²) in [7, 11) is 0. The fourth-order valence-corrected chi connectivity index (χ4v) is 2.79. The van der Waals surface area contributed by atoms with E-state index in [1.54, 1.807) is 6.20 Å². The van der Waals surface area contributed by atoms with Crippen molar-refractivity contribution in [3.63, 3.8) is 0 Å². The van der Waals surface area contributed by atoms with Gasteiger partial charge in [0.05, 0.1) is 5.03 Å². The Labute approximate surface area is 98.0 Å². The number of hydrogen-bond donors (Lipinski definition) is 1. The Morgan fingerprint density at radius 2 is 2.19 bits per heavy atom. The Bertz CT molecular complexity index is 363. The third-order valence-corrected chi connectivity index (χ3v) is 4.05. The maximum absolute atomic E-state index is 11.4. The molecule has 1 aromatic rings. The van der Waals surface area contributed by atoms with Crippen molar-refractivity contribution < 1.29 is 14.6 Å². The minimum atomic E-state index is -0.772. The average Bonchev–Trinajstić information content (AvgIpc) is 2.31. The fourth-order valence-electron chi connectivity index (χ4n) is 1.67. The third kappa shape index (κ3) is 2.36. The second-order valence-electron chi connectivity index (χ2n) is 3.68. The highest BCUT2D eigenvalue weighted by molar-refractivity contribution is 8.01. The van der Waals surface area contributed by atoms with Crippen LogP contribution in [0.15, 0.2) is 29.4 Å². The zero-order valence-electron chi connectivity index (χ0n) is 8.76. The van der Waals surface area contributed by atoms with E-state index in [2.05, 4.69) is 4.98 Å². The van der Waals surface area contributed by atoms with Crippen LogP contribution in [0.1, 0.15) is 12.8 Å². The molecular formula is C11H13NO3S. The van der Waals surface area contributed by atoms with Crippen molar-refractivity contribution in [2.75, 3.05) is 13.2 Å². The summed E-state index contributed by atoms with van der Waals surface area (Å²) in [5, 5.41) is 10.1. The Kier molecular flexibility index (Phi) is 3.46. The molecule has 1 aliphatic rings. The number of carboxylic acid groups (broad SMARTS) is 1. The number of thioether (sulfide) groups is 1. The number of pyridine rings is 1. The molecule has 0 radical (unpaired) electrons. The lowest BCUT2D eigenvalue weighted by Crippen LogP contribution is -2.40. The van der Waals surface area contributed by atoms with Crippen LogP contribution in [0.2, 0.25) is 0 Å². The SMILES string of the molecule is O=C(O)C1(Sc2ccccn2)CCOCC1. The van der Waals surface area contributed by atoms with Crippen LogP contribution in [0.3, 0.4) is 0 Å². The van der Waals surface area contributed by atoms with E-state index < -0.39 is 10.7 Å². The third-order valence-electron chi connectivity index (χ3n) is 2.63. The Morgan fingerprint density at radius 3 is 2.75 bits per heavy atom. The summed E-state index contributed by atoms with van der Waals surface area (Å²) in [6.45, 7) is 1.01. The fraction of sp³-hybridized carbons (Fsp3) is 0.455. The maximum atomic E-state index is 11.4. The van der Waals surface area contributed by atoms with Gasteiger partial charge < -0.3 is 9.84 Å². The van der Waals surface area contributed by atoms with E-state index in [1.807, 2.05) is 18.2 Å². The van der Waals surface area contributed by atoms with E-state index in [-0.39, 0.29) is 0 Å². The number of aliphatic carboxylic acids is 1. The van der Waals surface area contributed by atoms with Gasteiger partial charge in [0.15, 0.2) is 0 Å².